The van der Waals surface area contributed by atoms with Crippen molar-refractivity contribution >= 4 is 0 Å². The summed E-state index contributed by atoms with van der Waals surface area (Å²) in [4.78, 5) is 4.34. The third-order valence-electron chi connectivity index (χ3n) is 3.13. The van der Waals surface area contributed by atoms with Crippen molar-refractivity contribution in [2.24, 2.45) is 0 Å². The molecule has 0 heterocycles. The average Bonchev–Trinajstić information content (AvgIpc) is 2.38. The van der Waals surface area contributed by atoms with Gasteiger partial charge in [-0.3, -0.25) is 0 Å². The lowest BCUT2D eigenvalue weighted by atomic mass is 10.1. The van der Waals surface area contributed by atoms with Crippen LogP contribution < -0.4 is 4.74 Å². The average molecular weight is 266 g/mol. The fraction of sp³-hybridized carbons (Fsp3) is 0.600. The molecular formula is C15H26N2O2. The highest BCUT2D eigenvalue weighted by Crippen LogP contribution is 2.18. The summed E-state index contributed by atoms with van der Waals surface area (Å²) in [6, 6.07) is 7.59. The molecular weight excluding hydrogens is 240 g/mol. The van der Waals surface area contributed by atoms with Gasteiger partial charge in [-0.1, -0.05) is 12.1 Å². The van der Waals surface area contributed by atoms with Crippen LogP contribution in [0.4, 0.5) is 0 Å². The first-order valence-corrected chi connectivity index (χ1v) is 6.68. The van der Waals surface area contributed by atoms with Gasteiger partial charge in [-0.05, 0) is 58.3 Å². The lowest BCUT2D eigenvalue weighted by Crippen LogP contribution is -2.27. The van der Waals surface area contributed by atoms with Crippen molar-refractivity contribution in [2.45, 2.75) is 12.5 Å². The molecule has 4 nitrogen and oxygen atoms in total. The van der Waals surface area contributed by atoms with E-state index in [1.807, 2.05) is 31.3 Å². The van der Waals surface area contributed by atoms with Crippen LogP contribution in [-0.4, -0.2) is 62.8 Å². The molecule has 1 N–H and O–H groups in total. The Balaban J connectivity index is 2.38. The first kappa shape index (κ1) is 16.0. The van der Waals surface area contributed by atoms with Gasteiger partial charge in [0.1, 0.15) is 5.75 Å². The number of hydrogen-bond donors (Lipinski definition) is 1. The SMILES string of the molecule is COc1ccc(C(O)CN(C)CCCN(C)C)cc1. The molecule has 0 radical (unpaired) electrons. The zero-order valence-corrected chi connectivity index (χ0v) is 12.5. The highest BCUT2D eigenvalue weighted by molar-refractivity contribution is 5.28. The largest absolute Gasteiger partial charge is 0.497 e. The molecule has 1 rings (SSSR count). The topological polar surface area (TPSA) is 35.9 Å². The van der Waals surface area contributed by atoms with Gasteiger partial charge in [0.05, 0.1) is 13.2 Å². The highest BCUT2D eigenvalue weighted by atomic mass is 16.5. The Morgan fingerprint density at radius 3 is 2.26 bits per heavy atom. The third-order valence-corrected chi connectivity index (χ3v) is 3.13. The van der Waals surface area contributed by atoms with Crippen LogP contribution in [0.2, 0.25) is 0 Å². The van der Waals surface area contributed by atoms with E-state index in [0.717, 1.165) is 30.8 Å². The van der Waals surface area contributed by atoms with E-state index in [9.17, 15) is 5.11 Å². The van der Waals surface area contributed by atoms with Crippen molar-refractivity contribution in [1.29, 1.82) is 0 Å². The minimum atomic E-state index is -0.449. The Hall–Kier alpha value is -1.10. The number of ether oxygens (including phenoxy) is 1. The van der Waals surface area contributed by atoms with Crippen LogP contribution >= 0.6 is 0 Å². The molecule has 0 bridgehead atoms. The summed E-state index contributed by atoms with van der Waals surface area (Å²) >= 11 is 0. The van der Waals surface area contributed by atoms with Crippen molar-refractivity contribution in [3.8, 4) is 5.75 Å². The highest BCUT2D eigenvalue weighted by Gasteiger charge is 2.10. The molecule has 1 unspecified atom stereocenters. The van der Waals surface area contributed by atoms with Crippen LogP contribution in [0, 0.1) is 0 Å². The molecule has 108 valence electrons. The predicted molar refractivity (Wildman–Crippen MR) is 78.6 cm³/mol. The van der Waals surface area contributed by atoms with Crippen LogP contribution in [0.5, 0.6) is 5.75 Å². The Morgan fingerprint density at radius 2 is 1.74 bits per heavy atom. The fourth-order valence-electron chi connectivity index (χ4n) is 1.97. The number of nitrogens with zero attached hydrogens (tertiary/aromatic N) is 2. The van der Waals surface area contributed by atoms with E-state index in [4.69, 9.17) is 4.74 Å². The minimum Gasteiger partial charge on any atom is -0.497 e. The Labute approximate surface area is 116 Å². The fourth-order valence-corrected chi connectivity index (χ4v) is 1.97. The molecule has 0 saturated heterocycles. The molecule has 4 heteroatoms. The maximum Gasteiger partial charge on any atom is 0.118 e. The monoisotopic (exact) mass is 266 g/mol. The normalized spacial score (nSPS) is 13.0. The standard InChI is InChI=1S/C15H26N2O2/c1-16(2)10-5-11-17(3)12-15(18)13-6-8-14(19-4)9-7-13/h6-9,15,18H,5,10-12H2,1-4H3. The molecule has 1 aromatic rings. The van der Waals surface area contributed by atoms with Crippen molar-refractivity contribution in [3.05, 3.63) is 29.8 Å². The summed E-state index contributed by atoms with van der Waals surface area (Å²) in [5.74, 6) is 0.815. The molecule has 0 aliphatic heterocycles. The summed E-state index contributed by atoms with van der Waals surface area (Å²) in [6.45, 7) is 2.72. The second-order valence-electron chi connectivity index (χ2n) is 5.21. The van der Waals surface area contributed by atoms with E-state index in [2.05, 4.69) is 23.9 Å². The van der Waals surface area contributed by atoms with E-state index >= 15 is 0 Å². The smallest absolute Gasteiger partial charge is 0.118 e. The molecule has 0 aliphatic carbocycles. The van der Waals surface area contributed by atoms with Gasteiger partial charge in [-0.2, -0.15) is 0 Å². The van der Waals surface area contributed by atoms with E-state index in [0.29, 0.717) is 6.54 Å². The molecule has 0 saturated carbocycles. The zero-order valence-electron chi connectivity index (χ0n) is 12.5. The van der Waals surface area contributed by atoms with Gasteiger partial charge in [-0.25, -0.2) is 0 Å². The van der Waals surface area contributed by atoms with Gasteiger partial charge in [-0.15, -0.1) is 0 Å². The first-order valence-electron chi connectivity index (χ1n) is 6.68. The molecule has 19 heavy (non-hydrogen) atoms. The quantitative estimate of drug-likeness (QED) is 0.775. The summed E-state index contributed by atoms with van der Waals surface area (Å²) in [5.41, 5.74) is 0.931. The van der Waals surface area contributed by atoms with Crippen molar-refractivity contribution in [2.75, 3.05) is 47.9 Å². The second-order valence-corrected chi connectivity index (χ2v) is 5.21. The van der Waals surface area contributed by atoms with Crippen LogP contribution in [0.1, 0.15) is 18.1 Å². The molecule has 0 amide bonds. The van der Waals surface area contributed by atoms with Crippen LogP contribution in [0.15, 0.2) is 24.3 Å². The van der Waals surface area contributed by atoms with Gasteiger partial charge >= 0.3 is 0 Å². The van der Waals surface area contributed by atoms with E-state index < -0.39 is 6.10 Å². The molecule has 0 aromatic heterocycles. The molecule has 0 aliphatic rings. The number of likely N-dealkylation sites (N-methyl/N-ethyl adjacent to an activating group) is 1. The van der Waals surface area contributed by atoms with Crippen LogP contribution in [0.25, 0.3) is 0 Å². The van der Waals surface area contributed by atoms with Gasteiger partial charge in [0.2, 0.25) is 0 Å². The zero-order chi connectivity index (χ0) is 14.3. The molecule has 0 fully saturated rings. The van der Waals surface area contributed by atoms with Gasteiger partial charge in [0.15, 0.2) is 0 Å². The van der Waals surface area contributed by atoms with Crippen molar-refractivity contribution in [3.63, 3.8) is 0 Å². The summed E-state index contributed by atoms with van der Waals surface area (Å²) < 4.78 is 5.11. The number of aliphatic hydroxyl groups excluding tert-OH is 1. The van der Waals surface area contributed by atoms with Gasteiger partial charge in [0, 0.05) is 6.54 Å². The van der Waals surface area contributed by atoms with E-state index in [-0.39, 0.29) is 0 Å². The first-order chi connectivity index (χ1) is 9.02. The van der Waals surface area contributed by atoms with Crippen LogP contribution in [0.3, 0.4) is 0 Å². The van der Waals surface area contributed by atoms with Crippen molar-refractivity contribution in [1.82, 2.24) is 9.80 Å². The van der Waals surface area contributed by atoms with Crippen molar-refractivity contribution < 1.29 is 9.84 Å². The summed E-state index contributed by atoms with van der Waals surface area (Å²) in [7, 11) is 7.84. The second kappa shape index (κ2) is 8.15. The molecule has 0 spiro atoms. The third kappa shape index (κ3) is 6.05. The summed E-state index contributed by atoms with van der Waals surface area (Å²) in [6.07, 6.45) is 0.661. The molecule has 1 atom stereocenters. The molecule has 1 aromatic carbocycles. The number of methoxy groups -OCH3 is 1. The lowest BCUT2D eigenvalue weighted by molar-refractivity contribution is 0.125. The maximum absolute atomic E-state index is 10.2. The Morgan fingerprint density at radius 1 is 1.11 bits per heavy atom. The number of rotatable bonds is 8. The van der Waals surface area contributed by atoms with E-state index in [1.54, 1.807) is 7.11 Å². The number of benzene rings is 1. The van der Waals surface area contributed by atoms with Gasteiger partial charge < -0.3 is 19.6 Å². The number of aliphatic hydroxyl groups is 1. The van der Waals surface area contributed by atoms with Crippen LogP contribution in [-0.2, 0) is 0 Å². The van der Waals surface area contributed by atoms with E-state index in [1.165, 1.54) is 0 Å². The van der Waals surface area contributed by atoms with Gasteiger partial charge in [0.25, 0.3) is 0 Å². The maximum atomic E-state index is 10.2. The Bertz CT molecular complexity index is 352. The lowest BCUT2D eigenvalue weighted by Gasteiger charge is -2.21. The predicted octanol–water partition coefficient (Wildman–Crippen LogP) is 1.61. The number of hydrogen-bond acceptors (Lipinski definition) is 4. The minimum absolute atomic E-state index is 0.449. The summed E-state index contributed by atoms with van der Waals surface area (Å²) in [5, 5.41) is 10.2. The Kier molecular flexibility index (Phi) is 6.84.